The largest absolute Gasteiger partial charge is 0.497 e. The van der Waals surface area contributed by atoms with Gasteiger partial charge in [0.05, 0.1) is 19.3 Å². The average molecular weight is 251 g/mol. The summed E-state index contributed by atoms with van der Waals surface area (Å²) in [5, 5.41) is 12.8. The zero-order valence-electron chi connectivity index (χ0n) is 11.0. The molecule has 4 nitrogen and oxygen atoms in total. The number of aliphatic hydroxyl groups is 1. The standard InChI is InChI=1S/C14H21NO3/c1-15-14(9-16,11-3-4-11)10-18-13-7-5-12(17-2)6-8-13/h5-8,11,15-16H,3-4,9-10H2,1-2H3. The lowest BCUT2D eigenvalue weighted by molar-refractivity contribution is 0.0914. The number of hydrogen-bond acceptors (Lipinski definition) is 4. The molecule has 0 radical (unpaired) electrons. The second-order valence-electron chi connectivity index (χ2n) is 4.80. The Hall–Kier alpha value is -1.26. The molecule has 1 aromatic carbocycles. The fourth-order valence-electron chi connectivity index (χ4n) is 2.17. The molecule has 0 amide bonds. The molecule has 1 unspecified atom stereocenters. The van der Waals surface area contributed by atoms with Crippen molar-refractivity contribution in [3.05, 3.63) is 24.3 Å². The number of rotatable bonds is 7. The topological polar surface area (TPSA) is 50.7 Å². The molecule has 2 rings (SSSR count). The summed E-state index contributed by atoms with van der Waals surface area (Å²) < 4.78 is 10.9. The minimum Gasteiger partial charge on any atom is -0.497 e. The molecular formula is C14H21NO3. The van der Waals surface area contributed by atoms with Gasteiger partial charge >= 0.3 is 0 Å². The first-order valence-corrected chi connectivity index (χ1v) is 6.31. The van der Waals surface area contributed by atoms with E-state index in [-0.39, 0.29) is 12.1 Å². The zero-order valence-corrected chi connectivity index (χ0v) is 11.0. The first kappa shape index (κ1) is 13.2. The van der Waals surface area contributed by atoms with Gasteiger partial charge in [-0.1, -0.05) is 0 Å². The lowest BCUT2D eigenvalue weighted by Gasteiger charge is -2.31. The van der Waals surface area contributed by atoms with Crippen molar-refractivity contribution in [3.63, 3.8) is 0 Å². The normalized spacial score (nSPS) is 18.2. The fraction of sp³-hybridized carbons (Fsp3) is 0.571. The van der Waals surface area contributed by atoms with Crippen LogP contribution in [0.5, 0.6) is 11.5 Å². The first-order chi connectivity index (χ1) is 8.74. The van der Waals surface area contributed by atoms with Crippen LogP contribution < -0.4 is 14.8 Å². The van der Waals surface area contributed by atoms with Crippen molar-refractivity contribution in [1.82, 2.24) is 5.32 Å². The summed E-state index contributed by atoms with van der Waals surface area (Å²) in [6, 6.07) is 7.49. The Morgan fingerprint density at radius 1 is 1.28 bits per heavy atom. The maximum absolute atomic E-state index is 9.58. The van der Waals surface area contributed by atoms with Crippen LogP contribution in [0.1, 0.15) is 12.8 Å². The Bertz CT molecular complexity index is 369. The van der Waals surface area contributed by atoms with E-state index in [0.29, 0.717) is 12.5 Å². The molecule has 0 aliphatic heterocycles. The highest BCUT2D eigenvalue weighted by Gasteiger charge is 2.44. The number of methoxy groups -OCH3 is 1. The third kappa shape index (κ3) is 2.76. The van der Waals surface area contributed by atoms with Gasteiger partial charge < -0.3 is 19.9 Å². The predicted octanol–water partition coefficient (Wildman–Crippen LogP) is 1.43. The molecule has 2 N–H and O–H groups in total. The van der Waals surface area contributed by atoms with E-state index in [0.717, 1.165) is 24.3 Å². The molecule has 4 heteroatoms. The molecule has 1 aliphatic rings. The van der Waals surface area contributed by atoms with Crippen LogP contribution in [0.2, 0.25) is 0 Å². The molecule has 1 atom stereocenters. The summed E-state index contributed by atoms with van der Waals surface area (Å²) in [6.07, 6.45) is 2.32. The Balaban J connectivity index is 1.96. The SMILES string of the molecule is CNC(CO)(COc1ccc(OC)cc1)C1CC1. The van der Waals surface area contributed by atoms with E-state index in [9.17, 15) is 5.11 Å². The quantitative estimate of drug-likeness (QED) is 0.770. The third-order valence-corrected chi connectivity index (χ3v) is 3.69. The second kappa shape index (κ2) is 5.59. The highest BCUT2D eigenvalue weighted by molar-refractivity contribution is 5.31. The maximum Gasteiger partial charge on any atom is 0.119 e. The summed E-state index contributed by atoms with van der Waals surface area (Å²) in [7, 11) is 3.52. The molecule has 1 saturated carbocycles. The number of ether oxygens (including phenoxy) is 2. The molecule has 0 bridgehead atoms. The van der Waals surface area contributed by atoms with Crippen LogP contribution in [0.15, 0.2) is 24.3 Å². The molecule has 1 fully saturated rings. The number of aliphatic hydroxyl groups excluding tert-OH is 1. The Morgan fingerprint density at radius 3 is 2.33 bits per heavy atom. The van der Waals surface area contributed by atoms with E-state index < -0.39 is 0 Å². The number of hydrogen-bond donors (Lipinski definition) is 2. The van der Waals surface area contributed by atoms with Gasteiger partial charge in [0.15, 0.2) is 0 Å². The van der Waals surface area contributed by atoms with Gasteiger partial charge in [0.1, 0.15) is 18.1 Å². The fourth-order valence-corrected chi connectivity index (χ4v) is 2.17. The van der Waals surface area contributed by atoms with E-state index in [4.69, 9.17) is 9.47 Å². The van der Waals surface area contributed by atoms with Crippen molar-refractivity contribution in [2.45, 2.75) is 18.4 Å². The second-order valence-corrected chi connectivity index (χ2v) is 4.80. The summed E-state index contributed by atoms with van der Waals surface area (Å²) in [4.78, 5) is 0. The van der Waals surface area contributed by atoms with Crippen LogP contribution in [0, 0.1) is 5.92 Å². The van der Waals surface area contributed by atoms with Crippen molar-refractivity contribution in [1.29, 1.82) is 0 Å². The minimum absolute atomic E-state index is 0.102. The van der Waals surface area contributed by atoms with Crippen LogP contribution in [-0.2, 0) is 0 Å². The van der Waals surface area contributed by atoms with E-state index in [2.05, 4.69) is 5.32 Å². The van der Waals surface area contributed by atoms with Gasteiger partial charge in [0.25, 0.3) is 0 Å². The maximum atomic E-state index is 9.58. The van der Waals surface area contributed by atoms with Gasteiger partial charge in [-0.3, -0.25) is 0 Å². The van der Waals surface area contributed by atoms with Crippen molar-refractivity contribution < 1.29 is 14.6 Å². The molecule has 1 aliphatic carbocycles. The van der Waals surface area contributed by atoms with Crippen LogP contribution in [0.4, 0.5) is 0 Å². The van der Waals surface area contributed by atoms with Crippen molar-refractivity contribution in [3.8, 4) is 11.5 Å². The van der Waals surface area contributed by atoms with E-state index in [1.54, 1.807) is 7.11 Å². The molecule has 100 valence electrons. The summed E-state index contributed by atoms with van der Waals surface area (Å²) >= 11 is 0. The smallest absolute Gasteiger partial charge is 0.119 e. The molecule has 0 saturated heterocycles. The van der Waals surface area contributed by atoms with Crippen LogP contribution in [0.3, 0.4) is 0 Å². The van der Waals surface area contributed by atoms with Crippen molar-refractivity contribution in [2.75, 3.05) is 27.4 Å². The van der Waals surface area contributed by atoms with E-state index in [1.165, 1.54) is 0 Å². The van der Waals surface area contributed by atoms with E-state index in [1.807, 2.05) is 31.3 Å². The predicted molar refractivity (Wildman–Crippen MR) is 70.1 cm³/mol. The number of nitrogens with one attached hydrogen (secondary N) is 1. The summed E-state index contributed by atoms with van der Waals surface area (Å²) in [5.74, 6) is 2.13. The Kier molecular flexibility index (Phi) is 4.09. The highest BCUT2D eigenvalue weighted by atomic mass is 16.5. The van der Waals surface area contributed by atoms with Gasteiger partial charge in [0.2, 0.25) is 0 Å². The monoisotopic (exact) mass is 251 g/mol. The molecule has 1 aromatic rings. The number of benzene rings is 1. The Morgan fingerprint density at radius 2 is 1.89 bits per heavy atom. The molecule has 0 aromatic heterocycles. The minimum atomic E-state index is -0.306. The molecule has 0 heterocycles. The lowest BCUT2D eigenvalue weighted by atomic mass is 9.95. The Labute approximate surface area is 108 Å². The van der Waals surface area contributed by atoms with Crippen LogP contribution >= 0.6 is 0 Å². The average Bonchev–Trinajstić information content (AvgIpc) is 3.26. The summed E-state index contributed by atoms with van der Waals surface area (Å²) in [6.45, 7) is 0.585. The summed E-state index contributed by atoms with van der Waals surface area (Å²) in [5.41, 5.74) is -0.306. The van der Waals surface area contributed by atoms with Crippen LogP contribution in [-0.4, -0.2) is 38.0 Å². The van der Waals surface area contributed by atoms with Crippen LogP contribution in [0.25, 0.3) is 0 Å². The van der Waals surface area contributed by atoms with E-state index >= 15 is 0 Å². The van der Waals surface area contributed by atoms with Crippen molar-refractivity contribution >= 4 is 0 Å². The van der Waals surface area contributed by atoms with Gasteiger partial charge in [0, 0.05) is 0 Å². The number of likely N-dealkylation sites (N-methyl/N-ethyl adjacent to an activating group) is 1. The zero-order chi connectivity index (χ0) is 13.0. The molecular weight excluding hydrogens is 230 g/mol. The molecule has 0 spiro atoms. The van der Waals surface area contributed by atoms with Crippen molar-refractivity contribution in [2.24, 2.45) is 5.92 Å². The van der Waals surface area contributed by atoms with Gasteiger partial charge in [-0.2, -0.15) is 0 Å². The highest BCUT2D eigenvalue weighted by Crippen LogP contribution is 2.39. The lowest BCUT2D eigenvalue weighted by Crippen LogP contribution is -2.53. The first-order valence-electron chi connectivity index (χ1n) is 6.31. The van der Waals surface area contributed by atoms with Gasteiger partial charge in [-0.15, -0.1) is 0 Å². The van der Waals surface area contributed by atoms with Gasteiger partial charge in [-0.05, 0) is 50.1 Å². The molecule has 18 heavy (non-hydrogen) atoms. The third-order valence-electron chi connectivity index (χ3n) is 3.69. The van der Waals surface area contributed by atoms with Gasteiger partial charge in [-0.25, -0.2) is 0 Å².